The minimum absolute atomic E-state index is 0.272. The summed E-state index contributed by atoms with van der Waals surface area (Å²) >= 11 is 0. The summed E-state index contributed by atoms with van der Waals surface area (Å²) in [5, 5.41) is 7.79. The number of amides is 6. The van der Waals surface area contributed by atoms with Crippen molar-refractivity contribution in [1.29, 1.82) is 0 Å². The topological polar surface area (TPSA) is 148 Å². The first kappa shape index (κ1) is 23.0. The normalized spacial score (nSPS) is 30.2. The highest BCUT2D eigenvalue weighted by molar-refractivity contribution is 5.96. The number of hydrogen-bond donors (Lipinski definition) is 3. The molecule has 12 nitrogen and oxygen atoms in total. The minimum Gasteiger partial charge on any atom is -0.345 e. The zero-order valence-corrected chi connectivity index (χ0v) is 18.5. The second kappa shape index (κ2) is 9.75. The molecule has 6 amide bonds. The fourth-order valence-electron chi connectivity index (χ4n) is 5.16. The first-order chi connectivity index (χ1) is 15.9. The number of carbonyl (C=O) groups excluding carboxylic acids is 6. The van der Waals surface area contributed by atoms with E-state index in [0.717, 1.165) is 0 Å². The summed E-state index contributed by atoms with van der Waals surface area (Å²) in [6.07, 6.45) is 3.35. The van der Waals surface area contributed by atoms with Crippen molar-refractivity contribution in [2.75, 3.05) is 39.3 Å². The van der Waals surface area contributed by atoms with E-state index in [1.807, 2.05) is 0 Å². The fourth-order valence-corrected chi connectivity index (χ4v) is 5.16. The van der Waals surface area contributed by atoms with Crippen molar-refractivity contribution in [1.82, 2.24) is 30.7 Å². The van der Waals surface area contributed by atoms with Gasteiger partial charge in [-0.1, -0.05) is 0 Å². The molecule has 33 heavy (non-hydrogen) atoms. The molecule has 4 saturated heterocycles. The lowest BCUT2D eigenvalue weighted by atomic mass is 10.2. The second-order valence-corrected chi connectivity index (χ2v) is 8.89. The van der Waals surface area contributed by atoms with Gasteiger partial charge in [-0.05, 0) is 38.5 Å². The Hall–Kier alpha value is -3.18. The SMILES string of the molecule is O=C1NCC(=O)N2CCC[C@@H]2C(=O)NCC(=O)N2CCC[C@@H]2C(=O)NCC(=O)N2CCC[C@H]12. The van der Waals surface area contributed by atoms with Gasteiger partial charge in [0.2, 0.25) is 35.4 Å². The van der Waals surface area contributed by atoms with Crippen LogP contribution in [0.1, 0.15) is 38.5 Å². The monoisotopic (exact) mass is 462 g/mol. The van der Waals surface area contributed by atoms with Crippen molar-refractivity contribution in [3.8, 4) is 0 Å². The van der Waals surface area contributed by atoms with E-state index in [-0.39, 0.29) is 37.4 Å². The lowest BCUT2D eigenvalue weighted by molar-refractivity contribution is -0.143. The zero-order valence-electron chi connectivity index (χ0n) is 18.5. The van der Waals surface area contributed by atoms with Crippen molar-refractivity contribution in [3.05, 3.63) is 0 Å². The molecule has 0 bridgehead atoms. The molecule has 4 rings (SSSR count). The van der Waals surface area contributed by atoms with Gasteiger partial charge in [0, 0.05) is 19.6 Å². The third kappa shape index (κ3) is 4.79. The molecule has 4 aliphatic heterocycles. The van der Waals surface area contributed by atoms with Crippen LogP contribution < -0.4 is 16.0 Å². The van der Waals surface area contributed by atoms with Crippen molar-refractivity contribution >= 4 is 35.4 Å². The molecular formula is C21H30N6O6. The van der Waals surface area contributed by atoms with Gasteiger partial charge in [0.25, 0.3) is 0 Å². The lowest BCUT2D eigenvalue weighted by Gasteiger charge is -2.28. The van der Waals surface area contributed by atoms with Gasteiger partial charge in [0.1, 0.15) is 18.1 Å². The van der Waals surface area contributed by atoms with Crippen molar-refractivity contribution in [2.45, 2.75) is 56.7 Å². The van der Waals surface area contributed by atoms with E-state index in [2.05, 4.69) is 16.0 Å². The predicted molar refractivity (Wildman–Crippen MR) is 113 cm³/mol. The number of nitrogens with one attached hydrogen (secondary N) is 3. The van der Waals surface area contributed by atoms with Crippen molar-refractivity contribution in [2.24, 2.45) is 0 Å². The van der Waals surface area contributed by atoms with Crippen LogP contribution in [0.4, 0.5) is 0 Å². The molecule has 4 heterocycles. The molecule has 0 unspecified atom stereocenters. The van der Waals surface area contributed by atoms with Gasteiger partial charge < -0.3 is 30.7 Å². The highest BCUT2D eigenvalue weighted by Crippen LogP contribution is 2.20. The largest absolute Gasteiger partial charge is 0.345 e. The number of rotatable bonds is 0. The van der Waals surface area contributed by atoms with Crippen LogP contribution in [-0.2, 0) is 28.8 Å². The summed E-state index contributed by atoms with van der Waals surface area (Å²) in [6, 6.07) is -2.12. The van der Waals surface area contributed by atoms with Gasteiger partial charge in [-0.15, -0.1) is 0 Å². The summed E-state index contributed by atoms with van der Waals surface area (Å²) in [5.41, 5.74) is 0. The molecule has 0 aromatic carbocycles. The molecule has 4 aliphatic rings. The van der Waals surface area contributed by atoms with E-state index in [4.69, 9.17) is 0 Å². The number of hydrogen-bond acceptors (Lipinski definition) is 6. The molecule has 3 N–H and O–H groups in total. The van der Waals surface area contributed by atoms with Crippen LogP contribution in [0.5, 0.6) is 0 Å². The van der Waals surface area contributed by atoms with E-state index in [0.29, 0.717) is 58.2 Å². The maximum Gasteiger partial charge on any atom is 0.243 e. The van der Waals surface area contributed by atoms with Gasteiger partial charge in [-0.2, -0.15) is 0 Å². The molecule has 180 valence electrons. The summed E-state index contributed by atoms with van der Waals surface area (Å²) in [5.74, 6) is -2.40. The number of fused-ring (bicyclic) bond motifs is 3. The van der Waals surface area contributed by atoms with Crippen molar-refractivity contribution in [3.63, 3.8) is 0 Å². The van der Waals surface area contributed by atoms with E-state index in [9.17, 15) is 28.8 Å². The molecule has 3 atom stereocenters. The zero-order chi connectivity index (χ0) is 23.5. The Morgan fingerprint density at radius 2 is 0.758 bits per heavy atom. The van der Waals surface area contributed by atoms with Crippen LogP contribution in [0.15, 0.2) is 0 Å². The Morgan fingerprint density at radius 1 is 0.485 bits per heavy atom. The number of carbonyl (C=O) groups is 6. The maximum atomic E-state index is 12.7. The predicted octanol–water partition coefficient (Wildman–Crippen LogP) is -2.68. The third-order valence-corrected chi connectivity index (χ3v) is 6.87. The van der Waals surface area contributed by atoms with Gasteiger partial charge in [-0.3, -0.25) is 28.8 Å². The van der Waals surface area contributed by atoms with Crippen LogP contribution >= 0.6 is 0 Å². The maximum absolute atomic E-state index is 12.7. The van der Waals surface area contributed by atoms with E-state index in [1.54, 1.807) is 0 Å². The van der Waals surface area contributed by atoms with Gasteiger partial charge in [0.05, 0.1) is 19.6 Å². The van der Waals surface area contributed by atoms with E-state index in [1.165, 1.54) is 14.7 Å². The Balaban J connectivity index is 1.53. The first-order valence-corrected chi connectivity index (χ1v) is 11.6. The molecule has 0 aromatic heterocycles. The van der Waals surface area contributed by atoms with Gasteiger partial charge in [0.15, 0.2) is 0 Å². The summed E-state index contributed by atoms with van der Waals surface area (Å²) < 4.78 is 0. The fraction of sp³-hybridized carbons (Fsp3) is 0.714. The molecule has 0 saturated carbocycles. The summed E-state index contributed by atoms with van der Waals surface area (Å²) in [6.45, 7) is 0.361. The van der Waals surface area contributed by atoms with Crippen LogP contribution in [0, 0.1) is 0 Å². The second-order valence-electron chi connectivity index (χ2n) is 8.89. The van der Waals surface area contributed by atoms with Crippen LogP contribution in [0.2, 0.25) is 0 Å². The smallest absolute Gasteiger partial charge is 0.243 e. The Bertz CT molecular complexity index is 687. The molecule has 0 radical (unpaired) electrons. The first-order valence-electron chi connectivity index (χ1n) is 11.6. The number of nitrogens with zero attached hydrogens (tertiary/aromatic N) is 3. The average molecular weight is 463 g/mol. The van der Waals surface area contributed by atoms with Crippen LogP contribution in [0.3, 0.4) is 0 Å². The molecule has 4 fully saturated rings. The Morgan fingerprint density at radius 3 is 1.03 bits per heavy atom. The quantitative estimate of drug-likeness (QED) is 0.357. The molecule has 0 aromatic rings. The summed E-state index contributed by atoms with van der Waals surface area (Å²) in [7, 11) is 0. The Kier molecular flexibility index (Phi) is 6.80. The van der Waals surface area contributed by atoms with E-state index < -0.39 is 35.8 Å². The van der Waals surface area contributed by atoms with Gasteiger partial charge in [-0.25, -0.2) is 0 Å². The van der Waals surface area contributed by atoms with Crippen LogP contribution in [-0.4, -0.2) is 108 Å². The molecular weight excluding hydrogens is 432 g/mol. The standard InChI is InChI=1S/C21H30N6O6/c28-16-10-23-20(32)14-5-2-9-27(14)18(30)12-24-21(33)15-6-3-8-26(15)17(29)11-22-19(31)13-4-1-7-25(13)16/h13-15H,1-12H2,(H,22,31)(H,23,32)(H,24,33)/t13-,14-,15-/m1/s1. The summed E-state index contributed by atoms with van der Waals surface area (Å²) in [4.78, 5) is 80.5. The third-order valence-electron chi connectivity index (χ3n) is 6.87. The van der Waals surface area contributed by atoms with E-state index >= 15 is 0 Å². The Labute approximate surface area is 191 Å². The molecule has 12 heteroatoms. The minimum atomic E-state index is -0.705. The molecule has 0 aliphatic carbocycles. The van der Waals surface area contributed by atoms with Gasteiger partial charge >= 0.3 is 0 Å². The lowest BCUT2D eigenvalue weighted by Crippen LogP contribution is -2.55. The highest BCUT2D eigenvalue weighted by Gasteiger charge is 2.39. The van der Waals surface area contributed by atoms with Crippen molar-refractivity contribution < 1.29 is 28.8 Å². The molecule has 0 spiro atoms. The highest BCUT2D eigenvalue weighted by atomic mass is 16.2. The average Bonchev–Trinajstić information content (AvgIpc) is 3.57. The van der Waals surface area contributed by atoms with Crippen LogP contribution in [0.25, 0.3) is 0 Å².